The number of benzene rings is 1. The lowest BCUT2D eigenvalue weighted by Crippen LogP contribution is -2.12. The molecule has 0 atom stereocenters. The molecule has 1 aromatic carbocycles. The van der Waals surface area contributed by atoms with Gasteiger partial charge in [0.25, 0.3) is 0 Å². The first kappa shape index (κ1) is 71.6. The lowest BCUT2D eigenvalue weighted by Gasteiger charge is -2.20. The van der Waals surface area contributed by atoms with E-state index in [0.717, 1.165) is 10.9 Å². The van der Waals surface area contributed by atoms with E-state index in [1.807, 2.05) is 305 Å². The van der Waals surface area contributed by atoms with Gasteiger partial charge in [0.05, 0.1) is 5.52 Å². The van der Waals surface area contributed by atoms with E-state index in [2.05, 4.69) is 36.8 Å². The predicted octanol–water partition coefficient (Wildman–Crippen LogP) is 3.46. The normalized spacial score (nSPS) is 8.75. The Morgan fingerprint density at radius 2 is 0.562 bits per heavy atom. The van der Waals surface area contributed by atoms with Gasteiger partial charge in [0.15, 0.2) is 0 Å². The molecule has 0 bridgehead atoms. The summed E-state index contributed by atoms with van der Waals surface area (Å²) in [6.07, 6.45) is 1.51. The Labute approximate surface area is 519 Å². The lowest BCUT2D eigenvalue weighted by molar-refractivity contribution is 0.594. The van der Waals surface area contributed by atoms with Gasteiger partial charge < -0.3 is 0 Å². The van der Waals surface area contributed by atoms with Crippen molar-refractivity contribution in [3.63, 3.8) is 0 Å². The first-order valence-electron chi connectivity index (χ1n) is 12.9. The van der Waals surface area contributed by atoms with Crippen LogP contribution in [-0.2, 0) is 445 Å². The fraction of sp³-hybridized carbons (Fsp3) is 0.333. The molecule has 0 spiro atoms. The lowest BCUT2D eigenvalue weighted by atomic mass is 9.86. The average Bonchev–Trinajstić information content (AvgIpc) is 3.29. The van der Waals surface area contributed by atoms with Crippen LogP contribution >= 0.6 is 11.6 Å². The molecule has 0 unspecified atom stereocenters. The maximum atomic E-state index is 6.03. The van der Waals surface area contributed by atoms with Crippen LogP contribution in [0.3, 0.4) is 0 Å². The number of nitrogens with zero attached hydrogens (tertiary/aromatic N) is 2. The van der Waals surface area contributed by atoms with Crippen LogP contribution < -0.4 is 0 Å². The van der Waals surface area contributed by atoms with Gasteiger partial charge in [0, 0.05) is 445 Å². The molecule has 0 fully saturated rings. The van der Waals surface area contributed by atoms with Crippen LogP contribution in [0.1, 0.15) is 26.3 Å². The van der Waals surface area contributed by atoms with Crippen molar-refractivity contribution in [2.45, 2.75) is 26.2 Å². The molecule has 2 nitrogen and oxygen atoms in total. The predicted molar refractivity (Wildman–Crippen MR) is 424 cm³/mol. The maximum absolute atomic E-state index is 6.03. The summed E-state index contributed by atoms with van der Waals surface area (Å²) in [4.78, 5) is 8.30. The second-order valence-electron chi connectivity index (χ2n) is 7.81. The van der Waals surface area contributed by atoms with Gasteiger partial charge in [-0.05, 0) is 17.0 Å². The van der Waals surface area contributed by atoms with Crippen LogP contribution in [0.25, 0.3) is 10.9 Å². The number of halogens is 1. The molecular formula is C12H13ClN2S49. The Kier molecular flexibility index (Phi) is 64.2. The molecule has 0 amide bonds. The monoisotopic (exact) mass is 1790 g/mol. The first-order valence-corrected chi connectivity index (χ1v) is 77.3. The van der Waals surface area contributed by atoms with Crippen molar-refractivity contribution in [3.05, 3.63) is 35.2 Å². The third-order valence-corrected chi connectivity index (χ3v) is 106. The zero-order valence-corrected chi connectivity index (χ0v) is 69.9. The van der Waals surface area contributed by atoms with Crippen molar-refractivity contribution >= 4 is 462 Å². The van der Waals surface area contributed by atoms with Gasteiger partial charge in [-0.2, -0.15) is 0 Å². The number of aromatic nitrogens is 2. The summed E-state index contributed by atoms with van der Waals surface area (Å²) in [5, 5.41) is 1.44. The van der Waals surface area contributed by atoms with E-state index < -0.39 is 0 Å². The summed E-state index contributed by atoms with van der Waals surface area (Å²) in [6.45, 7) is 6.49. The minimum Gasteiger partial charge on any atom is -0.236 e. The Hall–Kier alpha value is 9.63. The standard InChI is InChI=1S/C12H13ClN2.S49/c1-12(2,3)9-6-4-5-8-10(9)14-7-15-11(8)13;1-3-5-7-9-11-13-15-17-19-21-23-25-27-29-31-33-35-37-39-41-43-45-47-49-48-46-44-42-40-38-36-34-32-30-28-26-24-22-20-18-16-14-12-10-8-6-4-2/h4-7H,1-3H3;. The maximum Gasteiger partial charge on any atom is 0.140 e. The summed E-state index contributed by atoms with van der Waals surface area (Å²) in [5.74, 6) is 0. The van der Waals surface area contributed by atoms with Gasteiger partial charge in [0.2, 0.25) is 0 Å². The zero-order valence-electron chi connectivity index (χ0n) is 29.1. The topological polar surface area (TPSA) is 25.8 Å². The first-order chi connectivity index (χ1) is 31.4. The van der Waals surface area contributed by atoms with Crippen molar-refractivity contribution in [1.82, 2.24) is 9.97 Å². The van der Waals surface area contributed by atoms with Crippen LogP contribution in [0, 0.1) is 0 Å². The van der Waals surface area contributed by atoms with Crippen molar-refractivity contribution < 1.29 is 0 Å². The molecule has 372 valence electrons. The van der Waals surface area contributed by atoms with E-state index in [4.69, 9.17) is 34.0 Å². The van der Waals surface area contributed by atoms with Gasteiger partial charge in [-0.3, -0.25) is 0 Å². The highest BCUT2D eigenvalue weighted by Crippen LogP contribution is 2.30. The molecule has 0 radical (unpaired) electrons. The molecule has 0 saturated heterocycles. The minimum absolute atomic E-state index is 0.0667. The van der Waals surface area contributed by atoms with Crippen LogP contribution in [0.2, 0.25) is 5.15 Å². The van der Waals surface area contributed by atoms with E-state index in [1.54, 1.807) is 107 Å². The van der Waals surface area contributed by atoms with E-state index in [1.165, 1.54) is 29.7 Å². The van der Waals surface area contributed by atoms with Crippen molar-refractivity contribution in [3.8, 4) is 0 Å². The van der Waals surface area contributed by atoms with Gasteiger partial charge in [-0.25, -0.2) is 9.97 Å². The third-order valence-electron chi connectivity index (χ3n) is 3.70. The Balaban J connectivity index is 0.00000113. The summed E-state index contributed by atoms with van der Waals surface area (Å²) in [7, 11) is 83.9. The van der Waals surface area contributed by atoms with E-state index in [9.17, 15) is 0 Å². The van der Waals surface area contributed by atoms with Gasteiger partial charge in [-0.1, -0.05) is 44.5 Å². The molecule has 0 aliphatic heterocycles. The molecule has 1 heterocycles. The second-order valence-corrected chi connectivity index (χ2v) is 91.3. The SMILES string of the molecule is CC(C)(C)c1cccc2c(Cl)ncnc12.S=S=S=S=S=S=S=S=S=S=S=S=S=S=S=S=S=S=S=S=S=S=S=S=S=S=S=S=S=S=S=S=S=S=S=S=S=S=S=S=S=S=S=S=S=S=S=S=S. The molecular weight excluding hydrogens is 1780 g/mol. The number of para-hydroxylation sites is 1. The molecule has 2 aromatic rings. The van der Waals surface area contributed by atoms with Crippen LogP contribution in [0.15, 0.2) is 24.5 Å². The molecule has 0 saturated carbocycles. The fourth-order valence-corrected chi connectivity index (χ4v) is 126. The highest BCUT2D eigenvalue weighted by molar-refractivity contribution is 8.82. The molecule has 64 heavy (non-hydrogen) atoms. The van der Waals surface area contributed by atoms with Crippen molar-refractivity contribution in [2.75, 3.05) is 0 Å². The smallest absolute Gasteiger partial charge is 0.140 e. The quantitative estimate of drug-likeness (QED) is 0.379. The average molecular weight is 1790 g/mol. The Morgan fingerprint density at radius 3 is 0.766 bits per heavy atom. The molecule has 0 aliphatic rings. The molecule has 0 N–H and O–H groups in total. The van der Waals surface area contributed by atoms with Crippen LogP contribution in [-0.4, -0.2) is 9.97 Å². The Bertz CT molecular complexity index is 4030. The fourth-order valence-electron chi connectivity index (χ4n) is 2.17. The summed E-state index contributed by atoms with van der Waals surface area (Å²) < 4.78 is 0. The second kappa shape index (κ2) is 57.3. The van der Waals surface area contributed by atoms with Crippen LogP contribution in [0.4, 0.5) is 0 Å². The zero-order chi connectivity index (χ0) is 46.3. The Morgan fingerprint density at radius 1 is 0.344 bits per heavy atom. The van der Waals surface area contributed by atoms with Crippen molar-refractivity contribution in [1.29, 1.82) is 0 Å². The van der Waals surface area contributed by atoms with E-state index in [0.29, 0.717) is 5.15 Å². The van der Waals surface area contributed by atoms with E-state index >= 15 is 0 Å². The molecule has 0 aliphatic carbocycles. The van der Waals surface area contributed by atoms with Gasteiger partial charge in [-0.15, -0.1) is 0 Å². The highest BCUT2D eigenvalue weighted by Gasteiger charge is 2.18. The minimum atomic E-state index is 0.0667. The number of hydrogen-bond acceptors (Lipinski definition) is 4. The van der Waals surface area contributed by atoms with E-state index in [-0.39, 0.29) is 5.41 Å². The largest absolute Gasteiger partial charge is 0.236 e. The van der Waals surface area contributed by atoms with Crippen LogP contribution in [0.5, 0.6) is 0 Å². The van der Waals surface area contributed by atoms with Gasteiger partial charge >= 0.3 is 0 Å². The third kappa shape index (κ3) is 48.7. The van der Waals surface area contributed by atoms with Crippen molar-refractivity contribution in [2.24, 2.45) is 0 Å². The summed E-state index contributed by atoms with van der Waals surface area (Å²) in [6, 6.07) is 6.04. The molecule has 1 aromatic heterocycles. The molecule has 52 heteroatoms. The highest BCUT2D eigenvalue weighted by atomic mass is 35.5. The molecule has 2 rings (SSSR count). The summed E-state index contributed by atoms with van der Waals surface area (Å²) >= 11 is 15.7. The number of fused-ring (bicyclic) bond motifs is 1. The number of hydrogen-bond donors (Lipinski definition) is 0. The number of rotatable bonds is 0. The summed E-state index contributed by atoms with van der Waals surface area (Å²) in [5.41, 5.74) is 2.21. The van der Waals surface area contributed by atoms with Gasteiger partial charge in [0.1, 0.15) is 11.5 Å².